The molecule has 0 heterocycles. The van der Waals surface area contributed by atoms with Crippen molar-refractivity contribution in [2.45, 2.75) is 52.4 Å². The van der Waals surface area contributed by atoms with E-state index < -0.39 is 0 Å². The Morgan fingerprint density at radius 2 is 1.62 bits per heavy atom. The van der Waals surface area contributed by atoms with Crippen LogP contribution >= 0.6 is 0 Å². The summed E-state index contributed by atoms with van der Waals surface area (Å²) in [5.41, 5.74) is 0.124. The van der Waals surface area contributed by atoms with Gasteiger partial charge in [0.05, 0.1) is 0 Å². The molecule has 0 radical (unpaired) electrons. The molecule has 0 spiro atoms. The summed E-state index contributed by atoms with van der Waals surface area (Å²) in [7, 11) is 0. The lowest BCUT2D eigenvalue weighted by atomic mass is 9.83. The van der Waals surface area contributed by atoms with E-state index >= 15 is 0 Å². The molecule has 13 heavy (non-hydrogen) atoms. The van der Waals surface area contributed by atoms with Gasteiger partial charge in [-0.05, 0) is 24.7 Å². The van der Waals surface area contributed by atoms with Crippen LogP contribution in [0.5, 0.6) is 0 Å². The Bertz CT molecular complexity index is 109. The topological polar surface area (TPSA) is 40.5 Å². The fourth-order valence-corrected chi connectivity index (χ4v) is 1.38. The third-order valence-electron chi connectivity index (χ3n) is 2.92. The summed E-state index contributed by atoms with van der Waals surface area (Å²) in [5.74, 6) is 0. The highest BCUT2D eigenvalue weighted by atomic mass is 16.3. The number of rotatable bonds is 8. The fraction of sp³-hybridized carbons (Fsp3) is 1.00. The largest absolute Gasteiger partial charge is 0.396 e. The summed E-state index contributed by atoms with van der Waals surface area (Å²) < 4.78 is 0. The molecule has 0 bridgehead atoms. The molecule has 0 amide bonds. The van der Waals surface area contributed by atoms with E-state index in [9.17, 15) is 0 Å². The van der Waals surface area contributed by atoms with Gasteiger partial charge in [0.2, 0.25) is 0 Å². The van der Waals surface area contributed by atoms with Crippen LogP contribution in [0.2, 0.25) is 0 Å². The van der Waals surface area contributed by atoms with Crippen LogP contribution in [0.4, 0.5) is 0 Å². The zero-order chi connectivity index (χ0) is 10.2. The van der Waals surface area contributed by atoms with Gasteiger partial charge in [-0.1, -0.05) is 33.1 Å². The van der Waals surface area contributed by atoms with Gasteiger partial charge >= 0.3 is 0 Å². The normalized spacial score (nSPS) is 15.7. The Kier molecular flexibility index (Phi) is 7.29. The van der Waals surface area contributed by atoms with Crippen molar-refractivity contribution in [2.75, 3.05) is 13.2 Å². The summed E-state index contributed by atoms with van der Waals surface area (Å²) >= 11 is 0. The van der Waals surface area contributed by atoms with E-state index in [1.807, 2.05) is 0 Å². The first kappa shape index (κ1) is 12.9. The zero-order valence-corrected chi connectivity index (χ0v) is 9.05. The molecule has 2 N–H and O–H groups in total. The number of hydrogen-bond acceptors (Lipinski definition) is 2. The zero-order valence-electron chi connectivity index (χ0n) is 9.05. The van der Waals surface area contributed by atoms with E-state index in [0.29, 0.717) is 13.2 Å². The molecule has 80 valence electrons. The number of unbranched alkanes of at least 4 members (excludes halogenated alkanes) is 3. The van der Waals surface area contributed by atoms with Gasteiger partial charge in [0.25, 0.3) is 0 Å². The van der Waals surface area contributed by atoms with Crippen LogP contribution in [-0.2, 0) is 0 Å². The Hall–Kier alpha value is -0.0800. The molecule has 0 aromatic rings. The first-order chi connectivity index (χ1) is 6.18. The van der Waals surface area contributed by atoms with Crippen LogP contribution in [0.3, 0.4) is 0 Å². The fourth-order valence-electron chi connectivity index (χ4n) is 1.38. The quantitative estimate of drug-likeness (QED) is 0.574. The maximum absolute atomic E-state index is 9.15. The monoisotopic (exact) mass is 188 g/mol. The smallest absolute Gasteiger partial charge is 0.0484 e. The van der Waals surface area contributed by atoms with E-state index in [0.717, 1.165) is 25.7 Å². The standard InChI is InChI=1S/C11H24O2/c1-3-11(2,10-13)8-6-4-5-7-9-12/h12-13H,3-10H2,1-2H3. The van der Waals surface area contributed by atoms with E-state index in [4.69, 9.17) is 10.2 Å². The molecular formula is C11H24O2. The van der Waals surface area contributed by atoms with Crippen molar-refractivity contribution < 1.29 is 10.2 Å². The van der Waals surface area contributed by atoms with Gasteiger partial charge in [0.15, 0.2) is 0 Å². The molecule has 0 aliphatic carbocycles. The molecular weight excluding hydrogens is 164 g/mol. The van der Waals surface area contributed by atoms with Crippen LogP contribution in [0.15, 0.2) is 0 Å². The van der Waals surface area contributed by atoms with Crippen molar-refractivity contribution in [3.63, 3.8) is 0 Å². The van der Waals surface area contributed by atoms with Crippen molar-refractivity contribution in [2.24, 2.45) is 5.41 Å². The molecule has 0 saturated heterocycles. The minimum absolute atomic E-state index is 0.124. The van der Waals surface area contributed by atoms with Crippen molar-refractivity contribution in [1.82, 2.24) is 0 Å². The lowest BCUT2D eigenvalue weighted by molar-refractivity contribution is 0.124. The average molecular weight is 188 g/mol. The summed E-state index contributed by atoms with van der Waals surface area (Å²) in [5, 5.41) is 17.7. The first-order valence-corrected chi connectivity index (χ1v) is 5.40. The molecule has 0 rings (SSSR count). The van der Waals surface area contributed by atoms with E-state index in [2.05, 4.69) is 13.8 Å². The molecule has 0 aromatic carbocycles. The predicted molar refractivity (Wildman–Crippen MR) is 55.7 cm³/mol. The van der Waals surface area contributed by atoms with Gasteiger partial charge in [0, 0.05) is 13.2 Å². The molecule has 0 aromatic heterocycles. The lowest BCUT2D eigenvalue weighted by Gasteiger charge is -2.25. The van der Waals surface area contributed by atoms with Crippen LogP contribution in [-0.4, -0.2) is 23.4 Å². The van der Waals surface area contributed by atoms with Gasteiger partial charge in [0.1, 0.15) is 0 Å². The van der Waals surface area contributed by atoms with Gasteiger partial charge in [-0.15, -0.1) is 0 Å². The highest BCUT2D eigenvalue weighted by Gasteiger charge is 2.19. The summed E-state index contributed by atoms with van der Waals surface area (Å²) in [6.07, 6.45) is 6.53. The molecule has 0 fully saturated rings. The lowest BCUT2D eigenvalue weighted by Crippen LogP contribution is -2.19. The molecule has 2 heteroatoms. The maximum Gasteiger partial charge on any atom is 0.0484 e. The average Bonchev–Trinajstić information content (AvgIpc) is 2.17. The van der Waals surface area contributed by atoms with Crippen LogP contribution in [0, 0.1) is 5.41 Å². The molecule has 1 atom stereocenters. The Labute approximate surface area is 82.0 Å². The van der Waals surface area contributed by atoms with Crippen LogP contribution in [0.1, 0.15) is 52.4 Å². The molecule has 0 saturated carbocycles. The number of aliphatic hydroxyl groups excluding tert-OH is 2. The van der Waals surface area contributed by atoms with Crippen molar-refractivity contribution >= 4 is 0 Å². The van der Waals surface area contributed by atoms with Crippen molar-refractivity contribution in [3.05, 3.63) is 0 Å². The van der Waals surface area contributed by atoms with Crippen LogP contribution < -0.4 is 0 Å². The molecule has 0 aliphatic heterocycles. The second kappa shape index (κ2) is 7.34. The van der Waals surface area contributed by atoms with E-state index in [-0.39, 0.29) is 5.41 Å². The van der Waals surface area contributed by atoms with Crippen molar-refractivity contribution in [1.29, 1.82) is 0 Å². The van der Waals surface area contributed by atoms with Crippen molar-refractivity contribution in [3.8, 4) is 0 Å². The van der Waals surface area contributed by atoms with Gasteiger partial charge < -0.3 is 10.2 Å². The molecule has 2 nitrogen and oxygen atoms in total. The number of aliphatic hydroxyl groups is 2. The maximum atomic E-state index is 9.15. The second-order valence-electron chi connectivity index (χ2n) is 4.21. The van der Waals surface area contributed by atoms with E-state index in [1.165, 1.54) is 12.8 Å². The van der Waals surface area contributed by atoms with Crippen LogP contribution in [0.25, 0.3) is 0 Å². The molecule has 1 unspecified atom stereocenters. The first-order valence-electron chi connectivity index (χ1n) is 5.40. The highest BCUT2D eigenvalue weighted by molar-refractivity contribution is 4.70. The summed E-state index contributed by atoms with van der Waals surface area (Å²) in [4.78, 5) is 0. The van der Waals surface area contributed by atoms with Gasteiger partial charge in [-0.25, -0.2) is 0 Å². The SMILES string of the molecule is CCC(C)(CO)CCCCCCO. The molecule has 0 aliphatic rings. The Balaban J connectivity index is 3.39. The third kappa shape index (κ3) is 6.05. The Morgan fingerprint density at radius 1 is 1.00 bits per heavy atom. The predicted octanol–water partition coefficient (Wildman–Crippen LogP) is 2.34. The second-order valence-corrected chi connectivity index (χ2v) is 4.21. The summed E-state index contributed by atoms with van der Waals surface area (Å²) in [6, 6.07) is 0. The van der Waals surface area contributed by atoms with Gasteiger partial charge in [-0.3, -0.25) is 0 Å². The van der Waals surface area contributed by atoms with E-state index in [1.54, 1.807) is 0 Å². The summed E-state index contributed by atoms with van der Waals surface area (Å²) in [6.45, 7) is 4.87. The minimum atomic E-state index is 0.124. The minimum Gasteiger partial charge on any atom is -0.396 e. The van der Waals surface area contributed by atoms with Gasteiger partial charge in [-0.2, -0.15) is 0 Å². The highest BCUT2D eigenvalue weighted by Crippen LogP contribution is 2.27. The Morgan fingerprint density at radius 3 is 2.08 bits per heavy atom. The third-order valence-corrected chi connectivity index (χ3v) is 2.92. The number of hydrogen-bond donors (Lipinski definition) is 2.